The number of H-pyrrole nitrogens is 1. The standard InChI is InChI=1S/C28H39N7O3/c1-17(2)34(11-7-6-8-23-32-19-10-9-18(28(3,4)5)12-20(19)33-23)14-22-24(36)25(37)27(38-22)35-16-31-21-13-29-15-30-26(21)35/h9-10,12-13,15-17,22,24-25,27,36-37H,6-8,11,14H2,1-5H3,(H,32,33)/t22-,24-,25-,27?/m1/s1. The molecule has 1 unspecified atom stereocenters. The zero-order chi connectivity index (χ0) is 27.0. The fourth-order valence-electron chi connectivity index (χ4n) is 5.13. The molecule has 10 nitrogen and oxygen atoms in total. The van der Waals surface area contributed by atoms with E-state index < -0.39 is 24.5 Å². The molecule has 204 valence electrons. The molecule has 0 aliphatic carbocycles. The SMILES string of the molecule is CC(C)N(CCCCc1nc2ccc(C(C)(C)C)cc2[nH]1)C[C@H]1OC(n2cnc3cncnc32)[C@H](O)[C@@H]1O. The summed E-state index contributed by atoms with van der Waals surface area (Å²) in [4.78, 5) is 23.1. The summed E-state index contributed by atoms with van der Waals surface area (Å²) in [6.07, 6.45) is 4.13. The van der Waals surface area contributed by atoms with E-state index in [1.54, 1.807) is 17.1 Å². The van der Waals surface area contributed by atoms with Crippen LogP contribution in [0.4, 0.5) is 0 Å². The molecule has 10 heteroatoms. The van der Waals surface area contributed by atoms with Gasteiger partial charge in [0, 0.05) is 19.0 Å². The van der Waals surface area contributed by atoms with Crippen molar-refractivity contribution in [1.29, 1.82) is 0 Å². The maximum Gasteiger partial charge on any atom is 0.165 e. The highest BCUT2D eigenvalue weighted by Crippen LogP contribution is 2.32. The van der Waals surface area contributed by atoms with Crippen LogP contribution in [0.25, 0.3) is 22.2 Å². The van der Waals surface area contributed by atoms with Gasteiger partial charge in [-0.3, -0.25) is 9.47 Å². The van der Waals surface area contributed by atoms with E-state index in [0.29, 0.717) is 17.7 Å². The number of rotatable bonds is 9. The maximum absolute atomic E-state index is 10.8. The van der Waals surface area contributed by atoms with Gasteiger partial charge in [-0.1, -0.05) is 26.8 Å². The Hall–Kier alpha value is -2.92. The number of hydrogen-bond donors (Lipinski definition) is 3. The average molecular weight is 522 g/mol. The van der Waals surface area contributed by atoms with E-state index in [9.17, 15) is 10.2 Å². The fraction of sp³-hybridized carbons (Fsp3) is 0.571. The minimum absolute atomic E-state index is 0.105. The molecule has 4 aromatic rings. The van der Waals surface area contributed by atoms with Gasteiger partial charge in [-0.05, 0) is 56.3 Å². The van der Waals surface area contributed by atoms with E-state index in [-0.39, 0.29) is 11.5 Å². The molecule has 1 saturated heterocycles. The zero-order valence-electron chi connectivity index (χ0n) is 22.9. The summed E-state index contributed by atoms with van der Waals surface area (Å²) in [6, 6.07) is 6.74. The van der Waals surface area contributed by atoms with Crippen molar-refractivity contribution in [2.24, 2.45) is 0 Å². The van der Waals surface area contributed by atoms with Gasteiger partial charge in [-0.2, -0.15) is 0 Å². The predicted octanol–water partition coefficient (Wildman–Crippen LogP) is 3.35. The number of imidazole rings is 2. The monoisotopic (exact) mass is 521 g/mol. The number of aromatic nitrogens is 6. The molecule has 3 aromatic heterocycles. The van der Waals surface area contributed by atoms with E-state index in [2.05, 4.69) is 77.7 Å². The average Bonchev–Trinajstić information content (AvgIpc) is 3.56. The third kappa shape index (κ3) is 5.44. The number of fused-ring (bicyclic) bond motifs is 2. The van der Waals surface area contributed by atoms with Crippen molar-refractivity contribution in [3.05, 3.63) is 48.4 Å². The third-order valence-electron chi connectivity index (χ3n) is 7.50. The minimum atomic E-state index is -1.08. The highest BCUT2D eigenvalue weighted by molar-refractivity contribution is 5.76. The number of aliphatic hydroxyl groups is 2. The summed E-state index contributed by atoms with van der Waals surface area (Å²) in [6.45, 7) is 12.3. The molecule has 4 atom stereocenters. The van der Waals surface area contributed by atoms with Crippen LogP contribution in [0.3, 0.4) is 0 Å². The lowest BCUT2D eigenvalue weighted by Crippen LogP contribution is -2.43. The molecule has 0 radical (unpaired) electrons. The van der Waals surface area contributed by atoms with Crippen LogP contribution in [0.2, 0.25) is 0 Å². The minimum Gasteiger partial charge on any atom is -0.387 e. The van der Waals surface area contributed by atoms with E-state index in [4.69, 9.17) is 9.72 Å². The van der Waals surface area contributed by atoms with Gasteiger partial charge in [0.1, 0.15) is 36.0 Å². The van der Waals surface area contributed by atoms with Crippen LogP contribution < -0.4 is 0 Å². The van der Waals surface area contributed by atoms with Crippen LogP contribution in [-0.2, 0) is 16.6 Å². The number of aliphatic hydroxyl groups excluding tert-OH is 2. The molecular weight excluding hydrogens is 482 g/mol. The van der Waals surface area contributed by atoms with Gasteiger partial charge >= 0.3 is 0 Å². The number of aromatic amines is 1. The maximum atomic E-state index is 10.8. The first-order valence-electron chi connectivity index (χ1n) is 13.5. The van der Waals surface area contributed by atoms with Gasteiger partial charge in [-0.25, -0.2) is 19.9 Å². The normalized spacial score (nSPS) is 22.4. The Balaban J connectivity index is 1.17. The van der Waals surface area contributed by atoms with E-state index in [0.717, 1.165) is 42.7 Å². The number of hydrogen-bond acceptors (Lipinski definition) is 8. The second-order valence-corrected chi connectivity index (χ2v) is 11.6. The van der Waals surface area contributed by atoms with Crippen LogP contribution in [0.15, 0.2) is 37.1 Å². The first-order valence-corrected chi connectivity index (χ1v) is 13.5. The molecule has 4 heterocycles. The van der Waals surface area contributed by atoms with E-state index in [1.165, 1.54) is 11.9 Å². The Labute approximate surface area is 223 Å². The first kappa shape index (κ1) is 26.7. The van der Waals surface area contributed by atoms with Gasteiger partial charge in [0.05, 0.1) is 23.6 Å². The lowest BCUT2D eigenvalue weighted by molar-refractivity contribution is -0.0469. The Kier molecular flexibility index (Phi) is 7.50. The van der Waals surface area contributed by atoms with E-state index in [1.807, 2.05) is 0 Å². The van der Waals surface area contributed by atoms with Crippen LogP contribution in [0.1, 0.15) is 65.1 Å². The Morgan fingerprint density at radius 1 is 1.11 bits per heavy atom. The largest absolute Gasteiger partial charge is 0.387 e. The van der Waals surface area contributed by atoms with Crippen molar-refractivity contribution in [3.8, 4) is 0 Å². The van der Waals surface area contributed by atoms with Crippen LogP contribution in [0.5, 0.6) is 0 Å². The highest BCUT2D eigenvalue weighted by atomic mass is 16.6. The number of unbranched alkanes of at least 4 members (excludes halogenated alkanes) is 1. The second-order valence-electron chi connectivity index (χ2n) is 11.6. The van der Waals surface area contributed by atoms with Crippen LogP contribution in [-0.4, -0.2) is 82.0 Å². The second kappa shape index (κ2) is 10.7. The topological polar surface area (TPSA) is 125 Å². The summed E-state index contributed by atoms with van der Waals surface area (Å²) in [5.41, 5.74) is 4.68. The molecule has 3 N–H and O–H groups in total. The van der Waals surface area contributed by atoms with Crippen molar-refractivity contribution in [1.82, 2.24) is 34.4 Å². The molecule has 1 aromatic carbocycles. The lowest BCUT2D eigenvalue weighted by atomic mass is 9.87. The molecule has 0 bridgehead atoms. The Bertz CT molecular complexity index is 1380. The molecular formula is C28H39N7O3. The van der Waals surface area contributed by atoms with Gasteiger partial charge in [0.25, 0.3) is 0 Å². The Morgan fingerprint density at radius 3 is 2.68 bits per heavy atom. The predicted molar refractivity (Wildman–Crippen MR) is 146 cm³/mol. The van der Waals surface area contributed by atoms with Crippen molar-refractivity contribution in [2.45, 2.75) is 89.9 Å². The summed E-state index contributed by atoms with van der Waals surface area (Å²) in [5.74, 6) is 1.01. The van der Waals surface area contributed by atoms with Gasteiger partial charge in [0.2, 0.25) is 0 Å². The molecule has 0 saturated carbocycles. The summed E-state index contributed by atoms with van der Waals surface area (Å²) in [7, 11) is 0. The van der Waals surface area contributed by atoms with Crippen LogP contribution in [0, 0.1) is 0 Å². The smallest absolute Gasteiger partial charge is 0.165 e. The van der Waals surface area contributed by atoms with E-state index >= 15 is 0 Å². The molecule has 5 rings (SSSR count). The van der Waals surface area contributed by atoms with Crippen molar-refractivity contribution < 1.29 is 14.9 Å². The number of nitrogens with zero attached hydrogens (tertiary/aromatic N) is 6. The van der Waals surface area contributed by atoms with Gasteiger partial charge < -0.3 is 19.9 Å². The van der Waals surface area contributed by atoms with Crippen molar-refractivity contribution in [3.63, 3.8) is 0 Å². The van der Waals surface area contributed by atoms with Crippen molar-refractivity contribution in [2.75, 3.05) is 13.1 Å². The molecule has 38 heavy (non-hydrogen) atoms. The van der Waals surface area contributed by atoms with Gasteiger partial charge in [-0.15, -0.1) is 0 Å². The third-order valence-corrected chi connectivity index (χ3v) is 7.50. The summed E-state index contributed by atoms with van der Waals surface area (Å²) < 4.78 is 7.84. The molecule has 1 aliphatic rings. The number of aryl methyl sites for hydroxylation is 1. The highest BCUT2D eigenvalue weighted by Gasteiger charge is 2.44. The molecule has 0 spiro atoms. The first-order chi connectivity index (χ1) is 18.1. The number of ether oxygens (including phenoxy) is 1. The molecule has 0 amide bonds. The lowest BCUT2D eigenvalue weighted by Gasteiger charge is -2.30. The summed E-state index contributed by atoms with van der Waals surface area (Å²) in [5, 5.41) is 21.6. The van der Waals surface area contributed by atoms with Crippen molar-refractivity contribution >= 4 is 22.2 Å². The zero-order valence-corrected chi connectivity index (χ0v) is 22.9. The summed E-state index contributed by atoms with van der Waals surface area (Å²) >= 11 is 0. The Morgan fingerprint density at radius 2 is 1.92 bits per heavy atom. The molecule has 1 aliphatic heterocycles. The number of benzene rings is 1. The van der Waals surface area contributed by atoms with Crippen LogP contribution >= 0.6 is 0 Å². The molecule has 1 fully saturated rings. The quantitative estimate of drug-likeness (QED) is 0.286. The number of nitrogens with one attached hydrogen (secondary N) is 1. The van der Waals surface area contributed by atoms with Gasteiger partial charge in [0.15, 0.2) is 11.9 Å². The fourth-order valence-corrected chi connectivity index (χ4v) is 5.13.